The molecule has 124 valence electrons. The van der Waals surface area contributed by atoms with E-state index in [9.17, 15) is 0 Å². The number of hydrogen-bond donors (Lipinski definition) is 0. The normalized spacial score (nSPS) is 13.2. The van der Waals surface area contributed by atoms with Gasteiger partial charge in [-0.05, 0) is 0 Å². The monoisotopic (exact) mass is 356 g/mol. The standard InChI is InChI=1S/C21H22ClOP/c1-2-23-18-24(22,19-12-6-3-7-13-19,20-14-8-4-9-15-20)21-16-10-5-11-17-21/h3-17H,2,18H2,1H3. The van der Waals surface area contributed by atoms with Gasteiger partial charge in [0.05, 0.1) is 0 Å². The van der Waals surface area contributed by atoms with Crippen LogP contribution in [0, 0.1) is 0 Å². The van der Waals surface area contributed by atoms with Crippen molar-refractivity contribution >= 4 is 33.1 Å². The van der Waals surface area contributed by atoms with Crippen molar-refractivity contribution in [1.82, 2.24) is 0 Å². The van der Waals surface area contributed by atoms with Crippen molar-refractivity contribution in [3.8, 4) is 0 Å². The Hall–Kier alpha value is -1.66. The van der Waals surface area contributed by atoms with Crippen LogP contribution in [0.1, 0.15) is 6.92 Å². The Morgan fingerprint density at radius 3 is 1.29 bits per heavy atom. The second kappa shape index (κ2) is 7.07. The molecule has 0 aromatic heterocycles. The van der Waals surface area contributed by atoms with E-state index in [0.29, 0.717) is 13.0 Å². The molecule has 0 N–H and O–H groups in total. The van der Waals surface area contributed by atoms with E-state index in [2.05, 4.69) is 72.8 Å². The first-order chi connectivity index (χ1) is 11.7. The summed E-state index contributed by atoms with van der Waals surface area (Å²) in [6.45, 7) is 2.65. The zero-order valence-electron chi connectivity index (χ0n) is 13.8. The van der Waals surface area contributed by atoms with Crippen LogP contribution in [0.15, 0.2) is 91.0 Å². The maximum atomic E-state index is 7.76. The van der Waals surface area contributed by atoms with Gasteiger partial charge < -0.3 is 0 Å². The predicted octanol–water partition coefficient (Wildman–Crippen LogP) is 4.66. The van der Waals surface area contributed by atoms with Gasteiger partial charge in [-0.3, -0.25) is 0 Å². The number of benzene rings is 3. The fraction of sp³-hybridized carbons (Fsp3) is 0.143. The Bertz CT molecular complexity index is 675. The second-order valence-corrected chi connectivity index (χ2v) is 12.2. The number of rotatable bonds is 6. The molecule has 0 aliphatic carbocycles. The predicted molar refractivity (Wildman–Crippen MR) is 107 cm³/mol. The molecule has 3 heteroatoms. The molecule has 0 radical (unpaired) electrons. The van der Waals surface area contributed by atoms with Crippen LogP contribution in [-0.4, -0.2) is 13.0 Å². The first-order valence-corrected chi connectivity index (χ1v) is 11.5. The SMILES string of the molecule is CCOCP(Cl)(c1ccccc1)(c1ccccc1)c1ccccc1. The molecule has 0 spiro atoms. The van der Waals surface area contributed by atoms with E-state index in [1.54, 1.807) is 0 Å². The summed E-state index contributed by atoms with van der Waals surface area (Å²) in [5, 5.41) is 3.41. The van der Waals surface area contributed by atoms with Crippen LogP contribution in [0.4, 0.5) is 0 Å². The van der Waals surface area contributed by atoms with Gasteiger partial charge in [0.25, 0.3) is 0 Å². The van der Waals surface area contributed by atoms with Crippen molar-refractivity contribution in [2.45, 2.75) is 6.92 Å². The van der Waals surface area contributed by atoms with Crippen LogP contribution >= 0.6 is 17.2 Å². The Morgan fingerprint density at radius 1 is 0.667 bits per heavy atom. The molecular weight excluding hydrogens is 335 g/mol. The molecule has 0 aliphatic rings. The second-order valence-electron chi connectivity index (χ2n) is 5.81. The Labute approximate surface area is 149 Å². The molecule has 0 saturated heterocycles. The van der Waals surface area contributed by atoms with E-state index in [-0.39, 0.29) is 0 Å². The van der Waals surface area contributed by atoms with E-state index in [4.69, 9.17) is 16.0 Å². The molecule has 0 bridgehead atoms. The van der Waals surface area contributed by atoms with Gasteiger partial charge in [-0.2, -0.15) is 0 Å². The van der Waals surface area contributed by atoms with Gasteiger partial charge in [-0.15, -0.1) is 0 Å². The van der Waals surface area contributed by atoms with Crippen molar-refractivity contribution < 1.29 is 4.74 Å². The van der Waals surface area contributed by atoms with E-state index < -0.39 is 5.96 Å². The van der Waals surface area contributed by atoms with Crippen LogP contribution < -0.4 is 15.9 Å². The molecule has 0 fully saturated rings. The molecule has 24 heavy (non-hydrogen) atoms. The summed E-state index contributed by atoms with van der Waals surface area (Å²) >= 11 is 7.76. The topological polar surface area (TPSA) is 9.23 Å². The summed E-state index contributed by atoms with van der Waals surface area (Å²) in [5.41, 5.74) is 0. The Kier molecular flexibility index (Phi) is 5.06. The van der Waals surface area contributed by atoms with Gasteiger partial charge >= 0.3 is 149 Å². The number of hydrogen-bond acceptors (Lipinski definition) is 1. The number of ether oxygens (including phenoxy) is 1. The molecule has 0 aliphatic heterocycles. The zero-order chi connectivity index (χ0) is 16.9. The van der Waals surface area contributed by atoms with Crippen molar-refractivity contribution in [2.24, 2.45) is 0 Å². The molecule has 0 heterocycles. The minimum atomic E-state index is -3.20. The fourth-order valence-corrected chi connectivity index (χ4v) is 8.62. The third kappa shape index (κ3) is 2.78. The molecular formula is C21H22ClOP. The third-order valence-corrected chi connectivity index (χ3v) is 11.3. The summed E-state index contributed by atoms with van der Waals surface area (Å²) in [5.74, 6) is -3.20. The first-order valence-electron chi connectivity index (χ1n) is 8.17. The van der Waals surface area contributed by atoms with Crippen LogP contribution in [0.25, 0.3) is 0 Å². The summed E-state index contributed by atoms with van der Waals surface area (Å²) in [4.78, 5) is 0. The van der Waals surface area contributed by atoms with Crippen LogP contribution in [-0.2, 0) is 4.74 Å². The maximum absolute atomic E-state index is 7.76. The van der Waals surface area contributed by atoms with Crippen LogP contribution in [0.2, 0.25) is 0 Å². The summed E-state index contributed by atoms with van der Waals surface area (Å²) < 4.78 is 5.99. The molecule has 0 saturated carbocycles. The van der Waals surface area contributed by atoms with Gasteiger partial charge in [0.2, 0.25) is 0 Å². The first kappa shape index (κ1) is 17.2. The molecule has 0 amide bonds. The van der Waals surface area contributed by atoms with Gasteiger partial charge in [0.15, 0.2) is 0 Å². The van der Waals surface area contributed by atoms with Gasteiger partial charge in [-0.25, -0.2) is 0 Å². The van der Waals surface area contributed by atoms with Gasteiger partial charge in [0.1, 0.15) is 0 Å². The van der Waals surface area contributed by atoms with Crippen molar-refractivity contribution in [2.75, 3.05) is 13.0 Å². The van der Waals surface area contributed by atoms with Crippen LogP contribution in [0.3, 0.4) is 0 Å². The van der Waals surface area contributed by atoms with E-state index in [1.807, 2.05) is 25.1 Å². The summed E-state index contributed by atoms with van der Waals surface area (Å²) in [6, 6.07) is 31.2. The quantitative estimate of drug-likeness (QED) is 0.583. The Balaban J connectivity index is 2.37. The van der Waals surface area contributed by atoms with Gasteiger partial charge in [0, 0.05) is 0 Å². The average Bonchev–Trinajstić information content (AvgIpc) is 2.68. The van der Waals surface area contributed by atoms with Crippen molar-refractivity contribution in [3.05, 3.63) is 91.0 Å². The minimum absolute atomic E-state index is 0.488. The molecule has 0 atom stereocenters. The molecule has 3 aromatic rings. The van der Waals surface area contributed by atoms with Crippen molar-refractivity contribution in [3.63, 3.8) is 0 Å². The van der Waals surface area contributed by atoms with E-state index in [0.717, 1.165) is 15.9 Å². The number of halogens is 1. The molecule has 0 unspecified atom stereocenters. The Morgan fingerprint density at radius 2 is 1.00 bits per heavy atom. The third-order valence-electron chi connectivity index (χ3n) is 4.42. The molecule has 3 aromatic carbocycles. The zero-order valence-corrected chi connectivity index (χ0v) is 15.5. The molecule has 1 nitrogen and oxygen atoms in total. The molecule has 3 rings (SSSR count). The van der Waals surface area contributed by atoms with E-state index >= 15 is 0 Å². The summed E-state index contributed by atoms with van der Waals surface area (Å²) in [6.07, 6.45) is 0.488. The van der Waals surface area contributed by atoms with Crippen LogP contribution in [0.5, 0.6) is 0 Å². The van der Waals surface area contributed by atoms with E-state index in [1.165, 1.54) is 0 Å². The van der Waals surface area contributed by atoms with Gasteiger partial charge in [-0.1, -0.05) is 0 Å². The summed E-state index contributed by atoms with van der Waals surface area (Å²) in [7, 11) is 0. The van der Waals surface area contributed by atoms with Crippen molar-refractivity contribution in [1.29, 1.82) is 0 Å². The fourth-order valence-electron chi connectivity index (χ4n) is 3.15. The average molecular weight is 357 g/mol.